The molecule has 0 saturated carbocycles. The first-order valence-electron chi connectivity index (χ1n) is 13.5. The number of thioether (sulfide) groups is 1. The van der Waals surface area contributed by atoms with E-state index in [9.17, 15) is 14.4 Å². The van der Waals surface area contributed by atoms with Crippen molar-refractivity contribution in [3.05, 3.63) is 119 Å². The summed E-state index contributed by atoms with van der Waals surface area (Å²) in [5, 5.41) is 8.48. The lowest BCUT2D eigenvalue weighted by Crippen LogP contribution is -2.30. The second-order valence-corrected chi connectivity index (χ2v) is 10.7. The largest absolute Gasteiger partial charge is 0.493 e. The highest BCUT2D eigenvalue weighted by molar-refractivity contribution is 8.00. The summed E-state index contributed by atoms with van der Waals surface area (Å²) < 4.78 is 10.7. The molecule has 4 aromatic carbocycles. The highest BCUT2D eigenvalue weighted by Crippen LogP contribution is 2.28. The summed E-state index contributed by atoms with van der Waals surface area (Å²) in [6.45, 7) is 4.03. The van der Waals surface area contributed by atoms with Crippen LogP contribution in [-0.2, 0) is 9.59 Å². The number of nitrogens with one attached hydrogen (secondary N) is 3. The number of benzene rings is 4. The Hall–Kier alpha value is -5.02. The van der Waals surface area contributed by atoms with Gasteiger partial charge in [0, 0.05) is 21.8 Å². The van der Waals surface area contributed by atoms with Gasteiger partial charge < -0.3 is 25.4 Å². The van der Waals surface area contributed by atoms with Gasteiger partial charge in [0.1, 0.15) is 5.70 Å². The normalized spacial score (nSPS) is 10.9. The van der Waals surface area contributed by atoms with E-state index in [2.05, 4.69) is 16.0 Å². The highest BCUT2D eigenvalue weighted by Gasteiger charge is 2.16. The number of ether oxygens (including phenoxy) is 2. The Kier molecular flexibility index (Phi) is 10.6. The third-order valence-corrected chi connectivity index (χ3v) is 7.53. The van der Waals surface area contributed by atoms with Gasteiger partial charge in [0.2, 0.25) is 5.91 Å². The standard InChI is InChI=1S/C34H33N3O5S/c1-22-10-12-27(18-23(22)2)35-32(38)21-43-28-15-13-26(14-16-28)36-34(40)29(37-33(39)25-8-6-5-7-9-25)19-24-11-17-30(41-3)31(20-24)42-4/h5-20H,21H2,1-4H3,(H,35,38)(H,36,40)(H,37,39)/b29-19-. The van der Waals surface area contributed by atoms with Crippen LogP contribution in [0, 0.1) is 13.8 Å². The Morgan fingerprint density at radius 3 is 2.12 bits per heavy atom. The number of rotatable bonds is 11. The van der Waals surface area contributed by atoms with Crippen molar-refractivity contribution in [1.82, 2.24) is 5.32 Å². The van der Waals surface area contributed by atoms with Crippen molar-refractivity contribution in [3.8, 4) is 11.5 Å². The maximum Gasteiger partial charge on any atom is 0.272 e. The van der Waals surface area contributed by atoms with E-state index in [1.807, 2.05) is 50.2 Å². The van der Waals surface area contributed by atoms with Crippen LogP contribution in [0.5, 0.6) is 11.5 Å². The monoisotopic (exact) mass is 595 g/mol. The number of amides is 3. The first kappa shape index (κ1) is 30.9. The minimum atomic E-state index is -0.507. The lowest BCUT2D eigenvalue weighted by molar-refractivity contribution is -0.114. The third kappa shape index (κ3) is 8.73. The van der Waals surface area contributed by atoms with Crippen LogP contribution in [-0.4, -0.2) is 37.7 Å². The molecule has 43 heavy (non-hydrogen) atoms. The van der Waals surface area contributed by atoms with E-state index < -0.39 is 11.8 Å². The Bertz CT molecular complexity index is 1640. The molecule has 220 valence electrons. The van der Waals surface area contributed by atoms with E-state index >= 15 is 0 Å². The summed E-state index contributed by atoms with van der Waals surface area (Å²) in [6.07, 6.45) is 1.57. The van der Waals surface area contributed by atoms with Gasteiger partial charge >= 0.3 is 0 Å². The van der Waals surface area contributed by atoms with Gasteiger partial charge in [0.05, 0.1) is 20.0 Å². The number of anilines is 2. The third-order valence-electron chi connectivity index (χ3n) is 6.52. The molecule has 0 heterocycles. The van der Waals surface area contributed by atoms with Crippen molar-refractivity contribution in [2.75, 3.05) is 30.6 Å². The van der Waals surface area contributed by atoms with Gasteiger partial charge in [-0.3, -0.25) is 14.4 Å². The molecule has 0 spiro atoms. The molecule has 0 aliphatic carbocycles. The van der Waals surface area contributed by atoms with Crippen LogP contribution in [0.3, 0.4) is 0 Å². The maximum atomic E-state index is 13.4. The zero-order chi connectivity index (χ0) is 30.8. The fraction of sp³-hybridized carbons (Fsp3) is 0.147. The van der Waals surface area contributed by atoms with Crippen molar-refractivity contribution in [3.63, 3.8) is 0 Å². The van der Waals surface area contributed by atoms with Crippen LogP contribution >= 0.6 is 11.8 Å². The predicted octanol–water partition coefficient (Wildman–Crippen LogP) is 6.46. The lowest BCUT2D eigenvalue weighted by atomic mass is 10.1. The molecule has 4 aromatic rings. The van der Waals surface area contributed by atoms with Crippen LogP contribution in [0.2, 0.25) is 0 Å². The van der Waals surface area contributed by atoms with Gasteiger partial charge in [-0.25, -0.2) is 0 Å². The minimum Gasteiger partial charge on any atom is -0.493 e. The molecule has 3 N–H and O–H groups in total. The molecule has 0 fully saturated rings. The summed E-state index contributed by atoms with van der Waals surface area (Å²) in [7, 11) is 3.06. The van der Waals surface area contributed by atoms with E-state index in [1.165, 1.54) is 31.5 Å². The van der Waals surface area contributed by atoms with Crippen molar-refractivity contribution in [2.24, 2.45) is 0 Å². The fourth-order valence-electron chi connectivity index (χ4n) is 4.05. The number of aryl methyl sites for hydroxylation is 2. The van der Waals surface area contributed by atoms with E-state index in [0.717, 1.165) is 16.1 Å². The minimum absolute atomic E-state index is 0.0440. The molecule has 8 nitrogen and oxygen atoms in total. The molecular formula is C34H33N3O5S. The van der Waals surface area contributed by atoms with Gasteiger partial charge in [-0.2, -0.15) is 0 Å². The van der Waals surface area contributed by atoms with Crippen molar-refractivity contribution < 1.29 is 23.9 Å². The molecule has 0 atom stereocenters. The fourth-order valence-corrected chi connectivity index (χ4v) is 4.75. The topological polar surface area (TPSA) is 106 Å². The summed E-state index contributed by atoms with van der Waals surface area (Å²) in [5.74, 6) is 0.230. The second-order valence-electron chi connectivity index (χ2n) is 9.61. The van der Waals surface area contributed by atoms with E-state index in [1.54, 1.807) is 60.7 Å². The zero-order valence-corrected chi connectivity index (χ0v) is 25.2. The molecule has 9 heteroatoms. The van der Waals surface area contributed by atoms with Crippen molar-refractivity contribution in [2.45, 2.75) is 18.7 Å². The number of hydrogen-bond donors (Lipinski definition) is 3. The Balaban J connectivity index is 1.44. The molecule has 0 bridgehead atoms. The van der Waals surface area contributed by atoms with Crippen LogP contribution in [0.25, 0.3) is 6.08 Å². The number of carbonyl (C=O) groups excluding carboxylic acids is 3. The van der Waals surface area contributed by atoms with Crippen molar-refractivity contribution in [1.29, 1.82) is 0 Å². The molecule has 0 unspecified atom stereocenters. The summed E-state index contributed by atoms with van der Waals surface area (Å²) >= 11 is 1.39. The Labute approximate surface area is 255 Å². The summed E-state index contributed by atoms with van der Waals surface area (Å²) in [5.41, 5.74) is 4.66. The van der Waals surface area contributed by atoms with E-state index in [4.69, 9.17) is 9.47 Å². The molecule has 0 radical (unpaired) electrons. The van der Waals surface area contributed by atoms with Crippen LogP contribution in [0.15, 0.2) is 102 Å². The average molecular weight is 596 g/mol. The highest BCUT2D eigenvalue weighted by atomic mass is 32.2. The molecule has 3 amide bonds. The molecule has 0 aliphatic heterocycles. The molecule has 0 aliphatic rings. The smallest absolute Gasteiger partial charge is 0.272 e. The van der Waals surface area contributed by atoms with Gasteiger partial charge in [0.15, 0.2) is 11.5 Å². The van der Waals surface area contributed by atoms with E-state index in [0.29, 0.717) is 28.3 Å². The molecular weight excluding hydrogens is 562 g/mol. The summed E-state index contributed by atoms with van der Waals surface area (Å²) in [4.78, 5) is 39.6. The number of methoxy groups -OCH3 is 2. The van der Waals surface area contributed by atoms with Crippen LogP contribution < -0.4 is 25.4 Å². The zero-order valence-electron chi connectivity index (χ0n) is 24.4. The SMILES string of the molecule is COc1ccc(/C=C(\NC(=O)c2ccccc2)C(=O)Nc2ccc(SCC(=O)Nc3ccc(C)c(C)c3)cc2)cc1OC. The molecule has 0 aromatic heterocycles. The van der Waals surface area contributed by atoms with Crippen LogP contribution in [0.1, 0.15) is 27.0 Å². The van der Waals surface area contributed by atoms with Crippen LogP contribution in [0.4, 0.5) is 11.4 Å². The van der Waals surface area contributed by atoms with Gasteiger partial charge in [0.25, 0.3) is 11.8 Å². The lowest BCUT2D eigenvalue weighted by Gasteiger charge is -2.13. The van der Waals surface area contributed by atoms with Gasteiger partial charge in [-0.1, -0.05) is 30.3 Å². The quantitative estimate of drug-likeness (QED) is 0.136. The van der Waals surface area contributed by atoms with Crippen molar-refractivity contribution >= 4 is 46.9 Å². The molecule has 4 rings (SSSR count). The second kappa shape index (κ2) is 14.7. The average Bonchev–Trinajstić information content (AvgIpc) is 3.02. The number of carbonyl (C=O) groups is 3. The first-order valence-corrected chi connectivity index (χ1v) is 14.5. The van der Waals surface area contributed by atoms with E-state index in [-0.39, 0.29) is 17.4 Å². The number of hydrogen-bond acceptors (Lipinski definition) is 6. The summed E-state index contributed by atoms with van der Waals surface area (Å²) in [6, 6.07) is 26.8. The van der Waals surface area contributed by atoms with Gasteiger partial charge in [-0.05, 0) is 97.3 Å². The van der Waals surface area contributed by atoms with Gasteiger partial charge in [-0.15, -0.1) is 11.8 Å². The molecule has 0 saturated heterocycles. The first-order chi connectivity index (χ1) is 20.7. The maximum absolute atomic E-state index is 13.4. The Morgan fingerprint density at radius 2 is 1.44 bits per heavy atom. The predicted molar refractivity (Wildman–Crippen MR) is 172 cm³/mol. The Morgan fingerprint density at radius 1 is 0.744 bits per heavy atom.